The molecular formula is C43H46N4O6Si. The average Bonchev–Trinajstić information content (AvgIpc) is 3.60. The Hall–Kier alpha value is -4.94. The highest BCUT2D eigenvalue weighted by Crippen LogP contribution is 2.59. The fourth-order valence-corrected chi connectivity index (χ4v) is 11.8. The van der Waals surface area contributed by atoms with Gasteiger partial charge in [0.2, 0.25) is 11.8 Å². The molecule has 3 amide bonds. The second-order valence-electron chi connectivity index (χ2n) is 15.6. The Morgan fingerprint density at radius 3 is 2.41 bits per heavy atom. The highest BCUT2D eigenvalue weighted by Gasteiger charge is 2.66. The lowest BCUT2D eigenvalue weighted by Crippen LogP contribution is -2.48. The summed E-state index contributed by atoms with van der Waals surface area (Å²) in [6.07, 6.45) is 0.738. The van der Waals surface area contributed by atoms with Gasteiger partial charge < -0.3 is 24.4 Å². The van der Waals surface area contributed by atoms with Crippen LogP contribution < -0.4 is 9.91 Å². The van der Waals surface area contributed by atoms with Crippen LogP contribution in [0, 0.1) is 5.92 Å². The van der Waals surface area contributed by atoms with Gasteiger partial charge in [-0.2, -0.15) is 5.10 Å². The van der Waals surface area contributed by atoms with Gasteiger partial charge >= 0.3 is 0 Å². The fraction of sp³-hybridized carbons (Fsp3) is 0.349. The second-order valence-corrected chi connectivity index (χ2v) is 19.6. The lowest BCUT2D eigenvalue weighted by atomic mass is 9.82. The standard InChI is InChI=1S/C43H46N4O6Si/c1-28-41(54(2,3)52)38(24-40(50)45-26-32-16-8-7-15-31(32)23-34(45)27-48)53-43(28)35-18-9-10-19-37(35)46(42(43)51)25-29-12-11-17-33(22-29)47-39(49)21-20-36(44-47)30-13-5-4-6-14-30/h4-19,22,28,34,38,41,48,52H,20-21,23-27H2,1-3H3/t28-,34-,38+,41-,43+/m0/s1. The number of hydrogen-bond donors (Lipinski definition) is 2. The van der Waals surface area contributed by atoms with E-state index in [1.165, 1.54) is 5.01 Å². The number of aliphatic hydroxyl groups is 1. The molecular weight excluding hydrogens is 697 g/mol. The highest BCUT2D eigenvalue weighted by molar-refractivity contribution is 6.71. The third-order valence-corrected chi connectivity index (χ3v) is 14.3. The van der Waals surface area contributed by atoms with Crippen LogP contribution in [0.3, 0.4) is 0 Å². The van der Waals surface area contributed by atoms with E-state index >= 15 is 4.79 Å². The van der Waals surface area contributed by atoms with Crippen molar-refractivity contribution in [2.75, 3.05) is 16.5 Å². The number of fused-ring (bicyclic) bond motifs is 3. The van der Waals surface area contributed by atoms with Gasteiger partial charge in [-0.05, 0) is 60.0 Å². The third-order valence-electron chi connectivity index (χ3n) is 11.8. The Balaban J connectivity index is 1.09. The molecule has 10 nitrogen and oxygen atoms in total. The molecule has 1 spiro atoms. The van der Waals surface area contributed by atoms with E-state index in [-0.39, 0.29) is 43.3 Å². The number of amides is 3. The molecule has 0 saturated carbocycles. The summed E-state index contributed by atoms with van der Waals surface area (Å²) in [6.45, 7) is 6.11. The molecule has 8 rings (SSSR count). The molecule has 2 N–H and O–H groups in total. The maximum Gasteiger partial charge on any atom is 0.264 e. The summed E-state index contributed by atoms with van der Waals surface area (Å²) in [5.41, 5.74) is 5.04. The lowest BCUT2D eigenvalue weighted by Gasteiger charge is -2.37. The molecule has 0 aliphatic carbocycles. The SMILES string of the molecule is C[C@H]1[C@H]([Si](C)(C)O)[C@@H](CC(=O)N2Cc3ccccc3C[C@H]2CO)O[C@]12C(=O)N(Cc1cccc(N3N=C(c4ccccc4)CCC3=O)c1)c1ccccc12. The summed E-state index contributed by atoms with van der Waals surface area (Å²) >= 11 is 0. The summed E-state index contributed by atoms with van der Waals surface area (Å²) in [4.78, 5) is 57.6. The first-order valence-corrected chi connectivity index (χ1v) is 21.9. The van der Waals surface area contributed by atoms with E-state index in [0.717, 1.165) is 33.5 Å². The first kappa shape index (κ1) is 36.1. The van der Waals surface area contributed by atoms with Gasteiger partial charge in [0.15, 0.2) is 13.9 Å². The largest absolute Gasteiger partial charge is 0.432 e. The van der Waals surface area contributed by atoms with Gasteiger partial charge in [-0.15, -0.1) is 0 Å². The molecule has 4 aliphatic rings. The molecule has 4 aromatic carbocycles. The molecule has 54 heavy (non-hydrogen) atoms. The number of carbonyl (C=O) groups excluding carboxylic acids is 3. The van der Waals surface area contributed by atoms with Crippen LogP contribution >= 0.6 is 0 Å². The fourth-order valence-electron chi connectivity index (χ4n) is 9.28. The van der Waals surface area contributed by atoms with Gasteiger partial charge in [0.25, 0.3) is 5.91 Å². The first-order valence-electron chi connectivity index (χ1n) is 18.8. The van der Waals surface area contributed by atoms with Gasteiger partial charge in [0.05, 0.1) is 48.8 Å². The number of hydrazone groups is 1. The molecule has 0 bridgehead atoms. The Bertz CT molecular complexity index is 2140. The minimum absolute atomic E-state index is 0.0146. The van der Waals surface area contributed by atoms with Gasteiger partial charge in [0, 0.05) is 36.4 Å². The third kappa shape index (κ3) is 6.18. The number of rotatable bonds is 8. The van der Waals surface area contributed by atoms with Crippen molar-refractivity contribution in [1.82, 2.24) is 4.90 Å². The Morgan fingerprint density at radius 2 is 1.65 bits per heavy atom. The predicted molar refractivity (Wildman–Crippen MR) is 209 cm³/mol. The van der Waals surface area contributed by atoms with E-state index < -0.39 is 31.5 Å². The molecule has 0 unspecified atom stereocenters. The Morgan fingerprint density at radius 1 is 0.926 bits per heavy atom. The van der Waals surface area contributed by atoms with Gasteiger partial charge in [-0.25, -0.2) is 5.01 Å². The summed E-state index contributed by atoms with van der Waals surface area (Å²) in [5, 5.41) is 16.5. The number of aliphatic hydroxyl groups excluding tert-OH is 1. The molecule has 11 heteroatoms. The predicted octanol–water partition coefficient (Wildman–Crippen LogP) is 5.90. The van der Waals surface area contributed by atoms with Crippen molar-refractivity contribution in [3.8, 4) is 0 Å². The van der Waals surface area contributed by atoms with Crippen LogP contribution in [0.5, 0.6) is 0 Å². The highest BCUT2D eigenvalue weighted by atomic mass is 28.4. The normalized spacial score (nSPS) is 25.2. The van der Waals surface area contributed by atoms with E-state index in [4.69, 9.17) is 9.84 Å². The molecule has 5 atom stereocenters. The Kier molecular flexibility index (Phi) is 9.37. The number of anilines is 2. The number of para-hydroxylation sites is 1. The molecule has 4 aromatic rings. The monoisotopic (exact) mass is 742 g/mol. The number of ether oxygens (including phenoxy) is 1. The molecule has 0 aromatic heterocycles. The first-order chi connectivity index (χ1) is 26.0. The van der Waals surface area contributed by atoms with Crippen molar-refractivity contribution in [3.05, 3.63) is 131 Å². The van der Waals surface area contributed by atoms with E-state index in [0.29, 0.717) is 37.2 Å². The minimum atomic E-state index is -3.02. The van der Waals surface area contributed by atoms with Crippen LogP contribution in [-0.4, -0.2) is 65.3 Å². The van der Waals surface area contributed by atoms with Crippen LogP contribution in [0.25, 0.3) is 0 Å². The lowest BCUT2D eigenvalue weighted by molar-refractivity contribution is -0.151. The van der Waals surface area contributed by atoms with Gasteiger partial charge in [-0.3, -0.25) is 14.4 Å². The van der Waals surface area contributed by atoms with Crippen molar-refractivity contribution in [3.63, 3.8) is 0 Å². The van der Waals surface area contributed by atoms with Crippen molar-refractivity contribution in [1.29, 1.82) is 0 Å². The second kappa shape index (κ2) is 14.0. The maximum atomic E-state index is 15.0. The van der Waals surface area contributed by atoms with Gasteiger partial charge in [-0.1, -0.05) is 91.9 Å². The zero-order valence-corrected chi connectivity index (χ0v) is 31.9. The van der Waals surface area contributed by atoms with Crippen LogP contribution in [0.1, 0.15) is 54.0 Å². The number of carbonyl (C=O) groups is 3. The number of benzene rings is 4. The zero-order chi connectivity index (χ0) is 37.8. The van der Waals surface area contributed by atoms with Crippen molar-refractivity contribution < 1.29 is 29.0 Å². The maximum absolute atomic E-state index is 15.0. The molecule has 0 radical (unpaired) electrons. The van der Waals surface area contributed by atoms with Gasteiger partial charge in [0.1, 0.15) is 0 Å². The van der Waals surface area contributed by atoms with Crippen LogP contribution in [0.4, 0.5) is 11.4 Å². The van der Waals surface area contributed by atoms with E-state index in [9.17, 15) is 19.5 Å². The van der Waals surface area contributed by atoms with Crippen LogP contribution in [0.2, 0.25) is 18.6 Å². The van der Waals surface area contributed by atoms with Crippen molar-refractivity contribution in [2.45, 2.75) is 82.1 Å². The topological polar surface area (TPSA) is 123 Å². The Labute approximate surface area is 316 Å². The summed E-state index contributed by atoms with van der Waals surface area (Å²) < 4.78 is 6.96. The average molecular weight is 743 g/mol. The molecule has 1 fully saturated rings. The number of nitrogens with zero attached hydrogens (tertiary/aromatic N) is 4. The van der Waals surface area contributed by atoms with E-state index in [1.54, 1.807) is 9.80 Å². The molecule has 278 valence electrons. The summed E-state index contributed by atoms with van der Waals surface area (Å²) in [7, 11) is -3.02. The smallest absolute Gasteiger partial charge is 0.264 e. The zero-order valence-electron chi connectivity index (χ0n) is 30.9. The molecule has 4 aliphatic heterocycles. The van der Waals surface area contributed by atoms with Crippen molar-refractivity contribution in [2.24, 2.45) is 11.0 Å². The van der Waals surface area contributed by atoms with Crippen molar-refractivity contribution >= 4 is 43.1 Å². The van der Waals surface area contributed by atoms with Crippen LogP contribution in [-0.2, 0) is 44.2 Å². The minimum Gasteiger partial charge on any atom is -0.432 e. The van der Waals surface area contributed by atoms with Crippen LogP contribution in [0.15, 0.2) is 108 Å². The summed E-state index contributed by atoms with van der Waals surface area (Å²) in [5.74, 6) is -0.931. The summed E-state index contributed by atoms with van der Waals surface area (Å²) in [6, 6.07) is 32.6. The van der Waals surface area contributed by atoms with E-state index in [2.05, 4.69) is 0 Å². The van der Waals surface area contributed by atoms with E-state index in [1.807, 2.05) is 123 Å². The molecule has 1 saturated heterocycles. The quantitative estimate of drug-likeness (QED) is 0.217. The molecule has 4 heterocycles. The number of hydrogen-bond acceptors (Lipinski definition) is 7.